The quantitative estimate of drug-likeness (QED) is 0.303. The Bertz CT molecular complexity index is 1360. The average Bonchev–Trinajstić information content (AvgIpc) is 3.22. The molecule has 218 valence electrons. The van der Waals surface area contributed by atoms with Gasteiger partial charge in [-0.3, -0.25) is 4.79 Å². The van der Waals surface area contributed by atoms with Gasteiger partial charge >= 0.3 is 0 Å². The van der Waals surface area contributed by atoms with Crippen molar-refractivity contribution in [2.45, 2.75) is 116 Å². The third-order valence-corrected chi connectivity index (χ3v) is 9.59. The predicted octanol–water partition coefficient (Wildman–Crippen LogP) is 8.06. The minimum atomic E-state index is -1.51. The lowest BCUT2D eigenvalue weighted by Crippen LogP contribution is -2.39. The molecule has 0 aliphatic heterocycles. The molecular formula is C33H46FN3O2S. The Balaban J connectivity index is 0.00000181. The summed E-state index contributed by atoms with van der Waals surface area (Å²) in [5.74, 6) is 0.137. The topological polar surface area (TPSA) is 63.1 Å². The van der Waals surface area contributed by atoms with E-state index in [9.17, 15) is 9.00 Å². The molecule has 7 heteroatoms. The molecule has 1 unspecified atom stereocenters. The van der Waals surface area contributed by atoms with Gasteiger partial charge in [-0.25, -0.2) is 13.3 Å². The van der Waals surface area contributed by atoms with Gasteiger partial charge in [-0.1, -0.05) is 51.3 Å². The minimum absolute atomic E-state index is 0.0484. The van der Waals surface area contributed by atoms with Gasteiger partial charge in [0.25, 0.3) is 5.91 Å². The molecule has 2 fully saturated rings. The number of aromatic nitrogens is 1. The third kappa shape index (κ3) is 6.68. The summed E-state index contributed by atoms with van der Waals surface area (Å²) in [5.41, 5.74) is 2.81. The van der Waals surface area contributed by atoms with Crippen LogP contribution < -0.4 is 10.0 Å². The number of hydrogen-bond donors (Lipinski definition) is 2. The first-order valence-electron chi connectivity index (χ1n) is 15.0. The third-order valence-electron chi connectivity index (χ3n) is 8.04. The number of hydrogen-bond acceptors (Lipinski definition) is 2. The molecule has 0 bridgehead atoms. The van der Waals surface area contributed by atoms with Gasteiger partial charge in [0.2, 0.25) is 0 Å². The van der Waals surface area contributed by atoms with E-state index in [-0.39, 0.29) is 23.3 Å². The Labute approximate surface area is 241 Å². The summed E-state index contributed by atoms with van der Waals surface area (Å²) in [6, 6.07) is 10.9. The van der Waals surface area contributed by atoms with E-state index >= 15 is 4.39 Å². The molecule has 5 rings (SSSR count). The van der Waals surface area contributed by atoms with Gasteiger partial charge < -0.3 is 9.88 Å². The van der Waals surface area contributed by atoms with Gasteiger partial charge in [-0.05, 0) is 83.9 Å². The zero-order chi connectivity index (χ0) is 29.0. The van der Waals surface area contributed by atoms with Crippen LogP contribution in [0.2, 0.25) is 0 Å². The molecule has 0 radical (unpaired) electrons. The highest BCUT2D eigenvalue weighted by Gasteiger charge is 2.27. The van der Waals surface area contributed by atoms with Crippen LogP contribution in [0.25, 0.3) is 22.0 Å². The van der Waals surface area contributed by atoms with Crippen molar-refractivity contribution in [2.24, 2.45) is 5.92 Å². The van der Waals surface area contributed by atoms with Crippen LogP contribution in [0.1, 0.15) is 102 Å². The summed E-state index contributed by atoms with van der Waals surface area (Å²) in [5, 5.41) is 4.26. The maximum absolute atomic E-state index is 15.6. The van der Waals surface area contributed by atoms with E-state index in [2.05, 4.69) is 14.6 Å². The molecule has 5 nitrogen and oxygen atoms in total. The molecule has 3 aromatic rings. The largest absolute Gasteiger partial charge is 0.349 e. The highest BCUT2D eigenvalue weighted by molar-refractivity contribution is 7.83. The maximum Gasteiger partial charge on any atom is 0.253 e. The van der Waals surface area contributed by atoms with Crippen LogP contribution in [0.5, 0.6) is 0 Å². The number of carbonyl (C=O) groups is 1. The molecule has 2 aliphatic rings. The zero-order valence-corrected chi connectivity index (χ0v) is 25.8. The average molecular weight is 568 g/mol. The van der Waals surface area contributed by atoms with Crippen molar-refractivity contribution in [3.8, 4) is 11.3 Å². The number of rotatable bonds is 7. The van der Waals surface area contributed by atoms with Crippen molar-refractivity contribution in [2.75, 3.05) is 0 Å². The normalized spacial score (nSPS) is 17.2. The van der Waals surface area contributed by atoms with Gasteiger partial charge in [-0.2, -0.15) is 0 Å². The van der Waals surface area contributed by atoms with Crippen LogP contribution in [0.3, 0.4) is 0 Å². The summed E-state index contributed by atoms with van der Waals surface area (Å²) in [6.45, 7) is 12.7. The van der Waals surface area contributed by atoms with Gasteiger partial charge in [-0.15, -0.1) is 0 Å². The van der Waals surface area contributed by atoms with Crippen LogP contribution in [0, 0.1) is 18.7 Å². The van der Waals surface area contributed by atoms with E-state index in [1.165, 1.54) is 38.2 Å². The Morgan fingerprint density at radius 2 is 1.73 bits per heavy atom. The second-order valence-electron chi connectivity index (χ2n) is 12.1. The van der Waals surface area contributed by atoms with E-state index in [4.69, 9.17) is 0 Å². The zero-order valence-electron chi connectivity index (χ0n) is 25.0. The summed E-state index contributed by atoms with van der Waals surface area (Å²) in [4.78, 5) is 13.9. The van der Waals surface area contributed by atoms with E-state index in [1.807, 2.05) is 65.8 Å². The van der Waals surface area contributed by atoms with Gasteiger partial charge in [0, 0.05) is 45.8 Å². The van der Waals surface area contributed by atoms with Crippen LogP contribution >= 0.6 is 0 Å². The fraction of sp³-hybridized carbons (Fsp3) is 0.545. The summed E-state index contributed by atoms with van der Waals surface area (Å²) >= 11 is 0. The lowest BCUT2D eigenvalue weighted by atomic mass is 9.89. The SMILES string of the molecule is CC.Cc1c(C(=O)NC2CCC2)cc(-c2ccc(S(=O)NC(C)(C)C)c3cccc(F)c23)n1CC1CCCCC1. The van der Waals surface area contributed by atoms with Crippen molar-refractivity contribution in [1.29, 1.82) is 0 Å². The number of halogens is 1. The summed E-state index contributed by atoms with van der Waals surface area (Å²) in [6.07, 6.45) is 9.29. The Kier molecular flexibility index (Phi) is 9.89. The van der Waals surface area contributed by atoms with Crippen LogP contribution in [-0.2, 0) is 17.5 Å². The first-order chi connectivity index (χ1) is 19.1. The number of carbonyl (C=O) groups excluding carboxylic acids is 1. The number of nitrogens with zero attached hydrogens (tertiary/aromatic N) is 1. The number of fused-ring (bicyclic) bond motifs is 1. The highest BCUT2D eigenvalue weighted by atomic mass is 32.2. The molecule has 1 atom stereocenters. The van der Waals surface area contributed by atoms with Crippen molar-refractivity contribution in [3.63, 3.8) is 0 Å². The van der Waals surface area contributed by atoms with Crippen molar-refractivity contribution < 1.29 is 13.4 Å². The molecule has 0 spiro atoms. The molecule has 1 heterocycles. The van der Waals surface area contributed by atoms with E-state index in [0.29, 0.717) is 27.1 Å². The first-order valence-corrected chi connectivity index (χ1v) is 16.2. The lowest BCUT2D eigenvalue weighted by Gasteiger charge is -2.26. The van der Waals surface area contributed by atoms with Crippen molar-refractivity contribution >= 4 is 27.7 Å². The fourth-order valence-corrected chi connectivity index (χ4v) is 7.05. The number of benzene rings is 2. The highest BCUT2D eigenvalue weighted by Crippen LogP contribution is 2.38. The predicted molar refractivity (Wildman–Crippen MR) is 164 cm³/mol. The molecule has 40 heavy (non-hydrogen) atoms. The molecule has 2 aliphatic carbocycles. The molecule has 0 saturated heterocycles. The maximum atomic E-state index is 15.6. The molecule has 1 amide bonds. The second-order valence-corrected chi connectivity index (χ2v) is 13.3. The van der Waals surface area contributed by atoms with Crippen LogP contribution in [-0.4, -0.2) is 26.3 Å². The summed E-state index contributed by atoms with van der Waals surface area (Å²) < 4.78 is 34.2. The standard InChI is InChI=1S/C31H40FN3O2S.C2H6/c1-20-25(30(36)33-22-12-8-13-22)18-27(35(20)19-21-10-6-5-7-11-21)23-16-17-28(38(37)34-31(2,3)4)24-14-9-15-26(32)29(23)24;1-2/h9,14-18,21-22,34H,5-8,10-13,19H2,1-4H3,(H,33,36);1-2H3. The van der Waals surface area contributed by atoms with Crippen molar-refractivity contribution in [1.82, 2.24) is 14.6 Å². The van der Waals surface area contributed by atoms with Crippen LogP contribution in [0.15, 0.2) is 41.3 Å². The molecule has 2 N–H and O–H groups in total. The van der Waals surface area contributed by atoms with Crippen LogP contribution in [0.4, 0.5) is 4.39 Å². The van der Waals surface area contributed by atoms with Crippen molar-refractivity contribution in [3.05, 3.63) is 53.5 Å². The molecule has 1 aromatic heterocycles. The molecule has 2 saturated carbocycles. The van der Waals surface area contributed by atoms with Gasteiger partial charge in [0.1, 0.15) is 16.8 Å². The lowest BCUT2D eigenvalue weighted by molar-refractivity contribution is 0.0916. The fourth-order valence-electron chi connectivity index (χ4n) is 5.82. The second kappa shape index (κ2) is 13.0. The smallest absolute Gasteiger partial charge is 0.253 e. The van der Waals surface area contributed by atoms with E-state index in [0.717, 1.165) is 42.8 Å². The molecule has 2 aromatic carbocycles. The summed E-state index contributed by atoms with van der Waals surface area (Å²) in [7, 11) is -1.51. The Hall–Kier alpha value is -2.51. The van der Waals surface area contributed by atoms with E-state index in [1.54, 1.807) is 6.07 Å². The van der Waals surface area contributed by atoms with E-state index < -0.39 is 11.0 Å². The van der Waals surface area contributed by atoms with Gasteiger partial charge in [0.15, 0.2) is 0 Å². The van der Waals surface area contributed by atoms with Gasteiger partial charge in [0.05, 0.1) is 10.5 Å². The number of amides is 1. The monoisotopic (exact) mass is 567 g/mol. The Morgan fingerprint density at radius 3 is 2.35 bits per heavy atom. The first kappa shape index (κ1) is 30.4. The minimum Gasteiger partial charge on any atom is -0.349 e. The Morgan fingerprint density at radius 1 is 1.02 bits per heavy atom. The number of nitrogens with one attached hydrogen (secondary N) is 2. The molecular weight excluding hydrogens is 521 g/mol.